The smallest absolute Gasteiger partial charge is 0.322 e. The largest absolute Gasteiger partial charge is 0.490 e. The lowest BCUT2D eigenvalue weighted by atomic mass is 9.90. The van der Waals surface area contributed by atoms with E-state index in [1.165, 1.54) is 0 Å². The number of fused-ring (bicyclic) bond motifs is 1. The van der Waals surface area contributed by atoms with Crippen molar-refractivity contribution in [2.24, 2.45) is 0 Å². The molecular formula is C24H30N2O5. The minimum atomic E-state index is -0.964. The average Bonchev–Trinajstić information content (AvgIpc) is 2.71. The molecule has 2 amide bonds. The topological polar surface area (TPSA) is 88.1 Å². The molecule has 1 aliphatic heterocycles. The lowest BCUT2D eigenvalue weighted by molar-refractivity contribution is -0.138. The molecule has 166 valence electrons. The molecule has 1 unspecified atom stereocenters. The molecule has 0 fully saturated rings. The van der Waals surface area contributed by atoms with E-state index in [0.29, 0.717) is 37.7 Å². The lowest BCUT2D eigenvalue weighted by Gasteiger charge is -2.37. The molecule has 0 radical (unpaired) electrons. The molecule has 1 aliphatic rings. The summed E-state index contributed by atoms with van der Waals surface area (Å²) >= 11 is 0. The van der Waals surface area contributed by atoms with E-state index in [4.69, 9.17) is 9.47 Å². The number of amides is 2. The van der Waals surface area contributed by atoms with E-state index in [2.05, 4.69) is 5.32 Å². The molecule has 0 spiro atoms. The van der Waals surface area contributed by atoms with Gasteiger partial charge in [0, 0.05) is 12.2 Å². The van der Waals surface area contributed by atoms with Crippen molar-refractivity contribution in [1.82, 2.24) is 4.90 Å². The van der Waals surface area contributed by atoms with E-state index < -0.39 is 12.0 Å². The van der Waals surface area contributed by atoms with E-state index >= 15 is 0 Å². The zero-order chi connectivity index (χ0) is 22.5. The number of aliphatic carboxylic acids is 1. The first-order valence-electron chi connectivity index (χ1n) is 10.6. The standard InChI is InChI=1S/C24H30N2O5/c1-5-30-21-12-17-9-10-26(24(29)25-19-8-7-15(3)11-16(19)4)20(14-23(27)28)18(17)13-22(21)31-6-2/h7-8,11-13,20H,5-6,9-10,14H2,1-4H3,(H,25,29)(H,27,28). The van der Waals surface area contributed by atoms with Crippen LogP contribution in [0.2, 0.25) is 0 Å². The Kier molecular flexibility index (Phi) is 7.05. The van der Waals surface area contributed by atoms with Crippen LogP contribution in [0.25, 0.3) is 0 Å². The van der Waals surface area contributed by atoms with Crippen molar-refractivity contribution in [3.8, 4) is 11.5 Å². The van der Waals surface area contributed by atoms with Crippen molar-refractivity contribution in [1.29, 1.82) is 0 Å². The van der Waals surface area contributed by atoms with Crippen LogP contribution in [-0.2, 0) is 11.2 Å². The van der Waals surface area contributed by atoms with E-state index in [1.807, 2.05) is 58.0 Å². The molecule has 31 heavy (non-hydrogen) atoms. The van der Waals surface area contributed by atoms with Crippen LogP contribution in [-0.4, -0.2) is 41.8 Å². The molecule has 1 heterocycles. The molecule has 1 atom stereocenters. The number of benzene rings is 2. The number of aryl methyl sites for hydroxylation is 2. The van der Waals surface area contributed by atoms with Gasteiger partial charge in [-0.3, -0.25) is 4.79 Å². The predicted octanol–water partition coefficient (Wildman–Crippen LogP) is 4.71. The van der Waals surface area contributed by atoms with Gasteiger partial charge in [0.1, 0.15) is 0 Å². The third-order valence-electron chi connectivity index (χ3n) is 5.41. The predicted molar refractivity (Wildman–Crippen MR) is 119 cm³/mol. The molecule has 7 nitrogen and oxygen atoms in total. The molecule has 0 saturated heterocycles. The number of nitrogens with one attached hydrogen (secondary N) is 1. The number of hydrogen-bond acceptors (Lipinski definition) is 4. The first kappa shape index (κ1) is 22.5. The highest BCUT2D eigenvalue weighted by atomic mass is 16.5. The maximum atomic E-state index is 13.2. The molecule has 3 rings (SSSR count). The fourth-order valence-corrected chi connectivity index (χ4v) is 4.02. The summed E-state index contributed by atoms with van der Waals surface area (Å²) in [5.41, 5.74) is 4.56. The number of carboxylic acid groups (broad SMARTS) is 1. The Balaban J connectivity index is 1.95. The van der Waals surface area contributed by atoms with Crippen molar-refractivity contribution < 1.29 is 24.2 Å². The molecule has 2 aromatic carbocycles. The quantitative estimate of drug-likeness (QED) is 0.670. The molecule has 2 N–H and O–H groups in total. The number of carbonyl (C=O) groups excluding carboxylic acids is 1. The van der Waals surface area contributed by atoms with Crippen LogP contribution in [0, 0.1) is 13.8 Å². The van der Waals surface area contributed by atoms with Crippen molar-refractivity contribution in [3.05, 3.63) is 52.6 Å². The molecule has 0 aromatic heterocycles. The van der Waals surface area contributed by atoms with E-state index in [-0.39, 0.29) is 12.5 Å². The van der Waals surface area contributed by atoms with Gasteiger partial charge in [0.2, 0.25) is 0 Å². The van der Waals surface area contributed by atoms with E-state index in [0.717, 1.165) is 27.9 Å². The summed E-state index contributed by atoms with van der Waals surface area (Å²) < 4.78 is 11.4. The summed E-state index contributed by atoms with van der Waals surface area (Å²) in [6.45, 7) is 9.10. The zero-order valence-electron chi connectivity index (χ0n) is 18.5. The van der Waals surface area contributed by atoms with Crippen LogP contribution in [0.5, 0.6) is 11.5 Å². The molecule has 7 heteroatoms. The molecule has 2 aromatic rings. The normalized spacial score (nSPS) is 15.2. The van der Waals surface area contributed by atoms with Crippen LogP contribution < -0.4 is 14.8 Å². The number of carbonyl (C=O) groups is 2. The summed E-state index contributed by atoms with van der Waals surface area (Å²) in [6.07, 6.45) is 0.422. The van der Waals surface area contributed by atoms with Crippen LogP contribution in [0.3, 0.4) is 0 Å². The maximum Gasteiger partial charge on any atom is 0.322 e. The van der Waals surface area contributed by atoms with E-state index in [1.54, 1.807) is 4.90 Å². The highest BCUT2D eigenvalue weighted by Crippen LogP contribution is 2.40. The number of carboxylic acids is 1. The maximum absolute atomic E-state index is 13.2. The Morgan fingerprint density at radius 2 is 1.77 bits per heavy atom. The highest BCUT2D eigenvalue weighted by molar-refractivity contribution is 5.91. The number of hydrogen-bond donors (Lipinski definition) is 2. The lowest BCUT2D eigenvalue weighted by Crippen LogP contribution is -2.43. The van der Waals surface area contributed by atoms with Gasteiger partial charge in [0.05, 0.1) is 25.7 Å². The van der Waals surface area contributed by atoms with Crippen LogP contribution in [0.15, 0.2) is 30.3 Å². The van der Waals surface area contributed by atoms with Gasteiger partial charge in [-0.1, -0.05) is 17.7 Å². The fraction of sp³-hybridized carbons (Fsp3) is 0.417. The third kappa shape index (κ3) is 5.10. The van der Waals surface area contributed by atoms with Crippen LogP contribution in [0.4, 0.5) is 10.5 Å². The summed E-state index contributed by atoms with van der Waals surface area (Å²) in [7, 11) is 0. The second kappa shape index (κ2) is 9.73. The summed E-state index contributed by atoms with van der Waals surface area (Å²) in [4.78, 5) is 26.4. The first-order valence-corrected chi connectivity index (χ1v) is 10.6. The van der Waals surface area contributed by atoms with Crippen molar-refractivity contribution in [2.45, 2.75) is 46.6 Å². The number of urea groups is 1. The van der Waals surface area contributed by atoms with Gasteiger partial charge in [-0.15, -0.1) is 0 Å². The third-order valence-corrected chi connectivity index (χ3v) is 5.41. The van der Waals surface area contributed by atoms with Crippen molar-refractivity contribution in [3.63, 3.8) is 0 Å². The molecule has 0 aliphatic carbocycles. The Labute approximate surface area is 183 Å². The Hall–Kier alpha value is -3.22. The van der Waals surface area contributed by atoms with Gasteiger partial charge in [-0.05, 0) is 69.0 Å². The molecule has 0 bridgehead atoms. The Bertz CT molecular complexity index is 973. The fourth-order valence-electron chi connectivity index (χ4n) is 4.02. The van der Waals surface area contributed by atoms with Gasteiger partial charge in [0.25, 0.3) is 0 Å². The van der Waals surface area contributed by atoms with Crippen molar-refractivity contribution in [2.75, 3.05) is 25.1 Å². The van der Waals surface area contributed by atoms with Gasteiger partial charge < -0.3 is 24.8 Å². The van der Waals surface area contributed by atoms with Gasteiger partial charge in [-0.2, -0.15) is 0 Å². The minimum absolute atomic E-state index is 0.188. The van der Waals surface area contributed by atoms with E-state index in [9.17, 15) is 14.7 Å². The number of anilines is 1. The van der Waals surface area contributed by atoms with Gasteiger partial charge in [0.15, 0.2) is 11.5 Å². The van der Waals surface area contributed by atoms with Gasteiger partial charge >= 0.3 is 12.0 Å². The zero-order valence-corrected chi connectivity index (χ0v) is 18.5. The Morgan fingerprint density at radius 3 is 2.39 bits per heavy atom. The van der Waals surface area contributed by atoms with Crippen LogP contribution in [0.1, 0.15) is 48.6 Å². The number of rotatable bonds is 7. The summed E-state index contributed by atoms with van der Waals surface area (Å²) in [5.74, 6) is 0.245. The first-order chi connectivity index (χ1) is 14.8. The number of nitrogens with zero attached hydrogens (tertiary/aromatic N) is 1. The highest BCUT2D eigenvalue weighted by Gasteiger charge is 2.34. The SMILES string of the molecule is CCOc1cc2c(cc1OCC)C(CC(=O)O)N(C(=O)Nc1ccc(C)cc1C)CC2. The van der Waals surface area contributed by atoms with Crippen LogP contribution >= 0.6 is 0 Å². The Morgan fingerprint density at radius 1 is 1.10 bits per heavy atom. The van der Waals surface area contributed by atoms with Crippen molar-refractivity contribution >= 4 is 17.7 Å². The number of ether oxygens (including phenoxy) is 2. The summed E-state index contributed by atoms with van der Waals surface area (Å²) in [6, 6.07) is 8.64. The minimum Gasteiger partial charge on any atom is -0.490 e. The van der Waals surface area contributed by atoms with Gasteiger partial charge in [-0.25, -0.2) is 4.79 Å². The molecular weight excluding hydrogens is 396 g/mol. The molecule has 0 saturated carbocycles. The average molecular weight is 427 g/mol. The monoisotopic (exact) mass is 426 g/mol. The second-order valence-electron chi connectivity index (χ2n) is 7.67. The second-order valence-corrected chi connectivity index (χ2v) is 7.67. The summed E-state index contributed by atoms with van der Waals surface area (Å²) in [5, 5.41) is 12.5.